The number of benzene rings is 1. The van der Waals surface area contributed by atoms with Crippen LogP contribution in [0.15, 0.2) is 45.2 Å². The van der Waals surface area contributed by atoms with Crippen LogP contribution in [0.25, 0.3) is 15.7 Å². The molecule has 0 fully saturated rings. The van der Waals surface area contributed by atoms with E-state index >= 15 is 0 Å². The van der Waals surface area contributed by atoms with Crippen molar-refractivity contribution in [1.29, 1.82) is 0 Å². The van der Waals surface area contributed by atoms with E-state index in [1.807, 2.05) is 17.7 Å². The molecule has 4 aromatic rings. The second-order valence-electron chi connectivity index (χ2n) is 7.06. The van der Waals surface area contributed by atoms with Crippen molar-refractivity contribution in [2.45, 2.75) is 20.3 Å². The number of aryl methyl sites for hydroxylation is 2. The van der Waals surface area contributed by atoms with E-state index in [0.29, 0.717) is 27.5 Å². The van der Waals surface area contributed by atoms with Crippen LogP contribution in [0.3, 0.4) is 0 Å². The van der Waals surface area contributed by atoms with Gasteiger partial charge in [0.25, 0.3) is 5.19 Å². The van der Waals surface area contributed by atoms with Crippen molar-refractivity contribution in [3.8, 4) is 10.9 Å². The third-order valence-electron chi connectivity index (χ3n) is 4.97. The number of thiazole rings is 1. The number of aromatic nitrogens is 2. The highest BCUT2D eigenvalue weighted by atomic mass is 32.2. The number of nitrogens with one attached hydrogen (secondary N) is 1. The third-order valence-corrected chi connectivity index (χ3v) is 6.55. The minimum Gasteiger partial charge on any atom is -0.440 e. The van der Waals surface area contributed by atoms with E-state index in [9.17, 15) is 17.6 Å². The molecule has 172 valence electrons. The summed E-state index contributed by atoms with van der Waals surface area (Å²) in [6, 6.07) is 4.81. The summed E-state index contributed by atoms with van der Waals surface area (Å²) >= 11 is 1.33. The van der Waals surface area contributed by atoms with Crippen LogP contribution >= 0.6 is 11.3 Å². The molecule has 0 radical (unpaired) electrons. The molecular formula is C21H18FN4O5S2-. The van der Waals surface area contributed by atoms with Gasteiger partial charge in [0.15, 0.2) is 0 Å². The van der Waals surface area contributed by atoms with Crippen LogP contribution in [-0.4, -0.2) is 25.4 Å². The Morgan fingerprint density at radius 1 is 1.24 bits per heavy atom. The SMILES string of the molecule is CNS(=O)(=O)[N-]c1nccc(Cc2c(C)c3cc(C)c(Oc4nccs4)cc3oc2=O)c1F. The molecule has 0 unspecified atom stereocenters. The van der Waals surface area contributed by atoms with Gasteiger partial charge in [-0.05, 0) is 49.5 Å². The lowest BCUT2D eigenvalue weighted by atomic mass is 9.98. The maximum atomic E-state index is 14.9. The van der Waals surface area contributed by atoms with E-state index in [0.717, 1.165) is 12.6 Å². The summed E-state index contributed by atoms with van der Waals surface area (Å²) in [6.45, 7) is 3.59. The molecule has 12 heteroatoms. The van der Waals surface area contributed by atoms with Gasteiger partial charge >= 0.3 is 5.63 Å². The standard InChI is InChI=1S/C21H18FN4O5S2/c1-11-8-14-12(2)15(9-13-4-5-24-19(18(13)22)26-33(28,29)23-3)20(27)30-17(14)10-16(11)31-21-25-6-7-32-21/h4-8,10,23H,9H2,1-3H3/q-1. The van der Waals surface area contributed by atoms with E-state index in [1.54, 1.807) is 24.6 Å². The highest BCUT2D eigenvalue weighted by molar-refractivity contribution is 7.92. The molecule has 33 heavy (non-hydrogen) atoms. The number of nitrogens with zero attached hydrogens (tertiary/aromatic N) is 3. The summed E-state index contributed by atoms with van der Waals surface area (Å²) in [4.78, 5) is 20.5. The quantitative estimate of drug-likeness (QED) is 0.385. The lowest BCUT2D eigenvalue weighted by molar-refractivity contribution is 0.472. The van der Waals surface area contributed by atoms with E-state index in [2.05, 4.69) is 14.7 Å². The van der Waals surface area contributed by atoms with Gasteiger partial charge in [-0.3, -0.25) is 0 Å². The van der Waals surface area contributed by atoms with E-state index in [-0.39, 0.29) is 17.5 Å². The fourth-order valence-electron chi connectivity index (χ4n) is 3.21. The molecule has 3 heterocycles. The monoisotopic (exact) mass is 489 g/mol. The summed E-state index contributed by atoms with van der Waals surface area (Å²) in [6.07, 6.45) is 2.72. The van der Waals surface area contributed by atoms with Crippen molar-refractivity contribution in [3.05, 3.63) is 79.2 Å². The first kappa shape index (κ1) is 22.8. The second-order valence-corrected chi connectivity index (χ2v) is 9.46. The average Bonchev–Trinajstić information content (AvgIpc) is 3.28. The predicted octanol–water partition coefficient (Wildman–Crippen LogP) is 4.25. The van der Waals surface area contributed by atoms with E-state index in [4.69, 9.17) is 9.15 Å². The molecule has 0 aliphatic carbocycles. The number of rotatable bonds is 7. The molecule has 0 atom stereocenters. The van der Waals surface area contributed by atoms with E-state index in [1.165, 1.54) is 23.6 Å². The van der Waals surface area contributed by atoms with Gasteiger partial charge in [-0.25, -0.2) is 27.3 Å². The largest absolute Gasteiger partial charge is 0.440 e. The van der Waals surface area contributed by atoms with Gasteiger partial charge in [0.05, 0.1) is 0 Å². The highest BCUT2D eigenvalue weighted by Crippen LogP contribution is 2.33. The maximum Gasteiger partial charge on any atom is 0.340 e. The Balaban J connectivity index is 1.73. The molecule has 0 aliphatic rings. The van der Waals surface area contributed by atoms with Crippen LogP contribution < -0.4 is 15.1 Å². The van der Waals surface area contributed by atoms with Gasteiger partial charge in [0.2, 0.25) is 10.2 Å². The van der Waals surface area contributed by atoms with Crippen LogP contribution in [0.5, 0.6) is 10.9 Å². The lowest BCUT2D eigenvalue weighted by Crippen LogP contribution is -2.16. The van der Waals surface area contributed by atoms with Crippen molar-refractivity contribution < 1.29 is 22.0 Å². The number of pyridine rings is 1. The smallest absolute Gasteiger partial charge is 0.340 e. The van der Waals surface area contributed by atoms with Crippen molar-refractivity contribution in [1.82, 2.24) is 14.7 Å². The second kappa shape index (κ2) is 8.89. The van der Waals surface area contributed by atoms with Crippen LogP contribution in [0.1, 0.15) is 22.3 Å². The Morgan fingerprint density at radius 3 is 2.73 bits per heavy atom. The van der Waals surface area contributed by atoms with Gasteiger partial charge < -0.3 is 18.9 Å². The highest BCUT2D eigenvalue weighted by Gasteiger charge is 2.17. The molecule has 3 aromatic heterocycles. The molecule has 0 aliphatic heterocycles. The van der Waals surface area contributed by atoms with E-state index < -0.39 is 27.5 Å². The maximum absolute atomic E-state index is 14.9. The number of hydrogen-bond donors (Lipinski definition) is 1. The van der Waals surface area contributed by atoms with Crippen LogP contribution in [0.2, 0.25) is 0 Å². The number of fused-ring (bicyclic) bond motifs is 1. The minimum atomic E-state index is -4.08. The number of hydrogen-bond acceptors (Lipinski definition) is 8. The molecule has 0 spiro atoms. The first-order chi connectivity index (χ1) is 15.7. The molecule has 9 nitrogen and oxygen atoms in total. The molecule has 4 rings (SSSR count). The van der Waals surface area contributed by atoms with Crippen molar-refractivity contribution >= 4 is 38.3 Å². The summed E-state index contributed by atoms with van der Waals surface area (Å²) < 4.78 is 54.7. The molecule has 0 saturated heterocycles. The lowest BCUT2D eigenvalue weighted by Gasteiger charge is -2.17. The summed E-state index contributed by atoms with van der Waals surface area (Å²) in [7, 11) is -2.93. The van der Waals surface area contributed by atoms with Crippen molar-refractivity contribution in [2.24, 2.45) is 0 Å². The summed E-state index contributed by atoms with van der Waals surface area (Å²) in [5.41, 5.74) is 1.40. The minimum absolute atomic E-state index is 0.0604. The fourth-order valence-corrected chi connectivity index (χ4v) is 4.16. The fraction of sp³-hybridized carbons (Fsp3) is 0.190. The average molecular weight is 490 g/mol. The molecule has 0 bridgehead atoms. The Labute approximate surface area is 192 Å². The van der Waals surface area contributed by atoms with Crippen molar-refractivity contribution in [2.75, 3.05) is 7.05 Å². The Hall–Kier alpha value is -3.35. The van der Waals surface area contributed by atoms with Gasteiger partial charge in [-0.2, -0.15) is 0 Å². The Bertz CT molecular complexity index is 1500. The first-order valence-corrected chi connectivity index (χ1v) is 11.9. The van der Waals surface area contributed by atoms with Gasteiger partial charge in [0.1, 0.15) is 17.1 Å². The van der Waals surface area contributed by atoms with Crippen LogP contribution in [0, 0.1) is 19.7 Å². The van der Waals surface area contributed by atoms with Crippen molar-refractivity contribution in [3.63, 3.8) is 0 Å². The summed E-state index contributed by atoms with van der Waals surface area (Å²) in [5.74, 6) is -1.02. The molecule has 1 N–H and O–H groups in total. The van der Waals surface area contributed by atoms with Crippen LogP contribution in [0.4, 0.5) is 10.2 Å². The number of halogens is 1. The predicted molar refractivity (Wildman–Crippen MR) is 122 cm³/mol. The Morgan fingerprint density at radius 2 is 2.03 bits per heavy atom. The first-order valence-electron chi connectivity index (χ1n) is 9.62. The zero-order chi connectivity index (χ0) is 23.8. The zero-order valence-electron chi connectivity index (χ0n) is 17.7. The number of ether oxygens (including phenoxy) is 1. The zero-order valence-corrected chi connectivity index (χ0v) is 19.4. The topological polar surface area (TPSA) is 125 Å². The summed E-state index contributed by atoms with van der Waals surface area (Å²) in [5, 5.41) is 2.92. The van der Waals surface area contributed by atoms with Crippen LogP contribution in [-0.2, 0) is 16.6 Å². The Kier molecular flexibility index (Phi) is 6.15. The molecule has 1 aromatic carbocycles. The third kappa shape index (κ3) is 4.72. The van der Waals surface area contributed by atoms with Gasteiger partial charge in [-0.15, -0.1) is 0 Å². The molecule has 0 saturated carbocycles. The normalized spacial score (nSPS) is 11.6. The molecule has 0 amide bonds. The van der Waals surface area contributed by atoms with Gasteiger partial charge in [-0.1, -0.05) is 23.6 Å². The molecular weight excluding hydrogens is 471 g/mol. The van der Waals surface area contributed by atoms with Gasteiger partial charge in [0, 0.05) is 35.0 Å².